The van der Waals surface area contributed by atoms with Crippen molar-refractivity contribution < 1.29 is 23.1 Å². The number of carbonyl (C=O) groups excluding carboxylic acids is 2. The highest BCUT2D eigenvalue weighted by Gasteiger charge is 2.43. The number of rotatable bonds is 3. The minimum absolute atomic E-state index is 0. The molecule has 0 spiro atoms. The Bertz CT molecular complexity index is 666. The lowest BCUT2D eigenvalue weighted by Crippen LogP contribution is -2.54. The van der Waals surface area contributed by atoms with Crippen molar-refractivity contribution >= 4 is 24.2 Å². The molecule has 0 saturated carbocycles. The number of carbonyl (C=O) groups is 2. The zero-order chi connectivity index (χ0) is 18.0. The zero-order valence-electron chi connectivity index (χ0n) is 14.4. The number of nitrogens with one attached hydrogen (secondary N) is 1. The van der Waals surface area contributed by atoms with Crippen LogP contribution in [0.4, 0.5) is 8.78 Å². The summed E-state index contributed by atoms with van der Waals surface area (Å²) in [5, 5.41) is 2.58. The molecule has 2 heterocycles. The predicted molar refractivity (Wildman–Crippen MR) is 94.1 cm³/mol. The highest BCUT2D eigenvalue weighted by atomic mass is 35.5. The van der Waals surface area contributed by atoms with E-state index in [1.807, 2.05) is 0 Å². The topological polar surface area (TPSA) is 61.9 Å². The average molecular weight is 390 g/mol. The Morgan fingerprint density at radius 3 is 2.42 bits per heavy atom. The first-order valence-electron chi connectivity index (χ1n) is 8.23. The molecule has 6 nitrogen and oxygen atoms in total. The van der Waals surface area contributed by atoms with Gasteiger partial charge in [-0.2, -0.15) is 0 Å². The van der Waals surface area contributed by atoms with Crippen LogP contribution in [0.2, 0.25) is 0 Å². The van der Waals surface area contributed by atoms with E-state index in [0.29, 0.717) is 37.5 Å². The quantitative estimate of drug-likeness (QED) is 0.849. The van der Waals surface area contributed by atoms with Crippen LogP contribution in [0.3, 0.4) is 0 Å². The molecule has 2 saturated heterocycles. The van der Waals surface area contributed by atoms with Gasteiger partial charge in [-0.15, -0.1) is 12.4 Å². The van der Waals surface area contributed by atoms with Crippen LogP contribution in [0.15, 0.2) is 24.3 Å². The summed E-state index contributed by atoms with van der Waals surface area (Å²) >= 11 is 0. The van der Waals surface area contributed by atoms with Gasteiger partial charge < -0.3 is 14.5 Å². The fourth-order valence-electron chi connectivity index (χ4n) is 3.18. The molecular formula is C17H22ClF2N3O3. The van der Waals surface area contributed by atoms with Gasteiger partial charge in [0.15, 0.2) is 0 Å². The minimum Gasteiger partial charge on any atom is -0.497 e. The third-order valence-corrected chi connectivity index (χ3v) is 4.60. The Labute approximate surface area is 156 Å². The monoisotopic (exact) mass is 389 g/mol. The van der Waals surface area contributed by atoms with Crippen molar-refractivity contribution in [1.82, 2.24) is 15.1 Å². The lowest BCUT2D eigenvalue weighted by molar-refractivity contribution is -0.135. The summed E-state index contributed by atoms with van der Waals surface area (Å²) in [4.78, 5) is 28.1. The third-order valence-electron chi connectivity index (χ3n) is 4.60. The summed E-state index contributed by atoms with van der Waals surface area (Å²) < 4.78 is 31.6. The van der Waals surface area contributed by atoms with Gasteiger partial charge in [0.05, 0.1) is 19.7 Å². The summed E-state index contributed by atoms with van der Waals surface area (Å²) in [7, 11) is 1.54. The van der Waals surface area contributed by atoms with Crippen LogP contribution in [0.25, 0.3) is 0 Å². The maximum absolute atomic E-state index is 13.2. The molecule has 0 radical (unpaired) electrons. The Morgan fingerprint density at radius 2 is 1.85 bits per heavy atom. The van der Waals surface area contributed by atoms with Crippen LogP contribution in [-0.4, -0.2) is 73.4 Å². The number of halogens is 3. The van der Waals surface area contributed by atoms with E-state index in [-0.39, 0.29) is 24.2 Å². The Balaban J connectivity index is 0.00000243. The second kappa shape index (κ2) is 8.18. The van der Waals surface area contributed by atoms with Gasteiger partial charge in [0, 0.05) is 38.2 Å². The molecule has 2 amide bonds. The molecule has 2 fully saturated rings. The number of amides is 2. The number of hydrogen-bond donors (Lipinski definition) is 1. The van der Waals surface area contributed by atoms with E-state index in [1.54, 1.807) is 34.1 Å². The summed E-state index contributed by atoms with van der Waals surface area (Å²) in [5.41, 5.74) is 0.524. The maximum Gasteiger partial charge on any atom is 0.262 e. The van der Waals surface area contributed by atoms with Crippen LogP contribution in [0.5, 0.6) is 5.75 Å². The molecule has 1 N–H and O–H groups in total. The third kappa shape index (κ3) is 4.42. The van der Waals surface area contributed by atoms with Crippen LogP contribution in [0, 0.1) is 0 Å². The molecular weight excluding hydrogens is 368 g/mol. The van der Waals surface area contributed by atoms with Crippen molar-refractivity contribution in [2.75, 3.05) is 39.8 Å². The Hall–Kier alpha value is -1.93. The smallest absolute Gasteiger partial charge is 0.262 e. The van der Waals surface area contributed by atoms with Crippen LogP contribution < -0.4 is 10.1 Å². The molecule has 26 heavy (non-hydrogen) atoms. The first-order valence-corrected chi connectivity index (χ1v) is 8.23. The highest BCUT2D eigenvalue weighted by Crippen LogP contribution is 2.26. The molecule has 1 aromatic carbocycles. The van der Waals surface area contributed by atoms with E-state index in [0.717, 1.165) is 0 Å². The number of nitrogens with zero attached hydrogens (tertiary/aromatic N) is 2. The van der Waals surface area contributed by atoms with Gasteiger partial charge in [-0.3, -0.25) is 14.9 Å². The number of ether oxygens (including phenoxy) is 1. The summed E-state index contributed by atoms with van der Waals surface area (Å²) in [5.74, 6) is -2.67. The minimum atomic E-state index is -2.83. The molecule has 0 aliphatic carbocycles. The van der Waals surface area contributed by atoms with Gasteiger partial charge in [0.2, 0.25) is 5.91 Å². The summed E-state index contributed by atoms with van der Waals surface area (Å²) in [6.45, 7) is 0.990. The summed E-state index contributed by atoms with van der Waals surface area (Å²) in [6.07, 6.45) is -0.464. The Kier molecular flexibility index (Phi) is 6.41. The van der Waals surface area contributed by atoms with Crippen molar-refractivity contribution in [3.63, 3.8) is 0 Å². The molecule has 2 aliphatic heterocycles. The number of alkyl halides is 2. The molecule has 1 unspecified atom stereocenters. The normalized spacial score (nSPS) is 21.9. The maximum atomic E-state index is 13.2. The zero-order valence-corrected chi connectivity index (χ0v) is 15.2. The average Bonchev–Trinajstić information content (AvgIpc) is 3.00. The molecule has 2 aliphatic rings. The predicted octanol–water partition coefficient (Wildman–Crippen LogP) is 1.40. The fraction of sp³-hybridized carbons (Fsp3) is 0.529. The molecule has 0 aromatic heterocycles. The molecule has 3 rings (SSSR count). The van der Waals surface area contributed by atoms with Gasteiger partial charge >= 0.3 is 0 Å². The number of piperazine rings is 1. The van der Waals surface area contributed by atoms with Crippen molar-refractivity contribution in [2.45, 2.75) is 18.4 Å². The first kappa shape index (κ1) is 20.4. The van der Waals surface area contributed by atoms with E-state index in [2.05, 4.69) is 5.32 Å². The fourth-order valence-corrected chi connectivity index (χ4v) is 3.18. The number of hydrogen-bond acceptors (Lipinski definition) is 4. The second-order valence-electron chi connectivity index (χ2n) is 6.34. The standard InChI is InChI=1S/C17H21F2N3O3.ClH/c1-25-13-4-2-3-12(9-13)15(23)21-5-7-22(8-6-21)16(24)14-10-17(18,19)11-20-14;/h2-4,9,14,20H,5-8,10-11H2,1H3;1H. The van der Waals surface area contributed by atoms with Gasteiger partial charge in [-0.1, -0.05) is 6.07 Å². The molecule has 1 atom stereocenters. The lowest BCUT2D eigenvalue weighted by Gasteiger charge is -2.36. The first-order chi connectivity index (χ1) is 11.9. The number of methoxy groups -OCH3 is 1. The van der Waals surface area contributed by atoms with Crippen molar-refractivity contribution in [3.8, 4) is 5.75 Å². The molecule has 0 bridgehead atoms. The molecule has 1 aromatic rings. The highest BCUT2D eigenvalue weighted by molar-refractivity contribution is 5.94. The van der Waals surface area contributed by atoms with Crippen molar-refractivity contribution in [1.29, 1.82) is 0 Å². The van der Waals surface area contributed by atoms with Crippen LogP contribution >= 0.6 is 12.4 Å². The number of benzene rings is 1. The van der Waals surface area contributed by atoms with Crippen molar-refractivity contribution in [2.24, 2.45) is 0 Å². The molecule has 9 heteroatoms. The van der Waals surface area contributed by atoms with Crippen molar-refractivity contribution in [3.05, 3.63) is 29.8 Å². The molecule has 144 valence electrons. The largest absolute Gasteiger partial charge is 0.497 e. The van der Waals surface area contributed by atoms with E-state index in [4.69, 9.17) is 4.74 Å². The Morgan fingerprint density at radius 1 is 1.19 bits per heavy atom. The van der Waals surface area contributed by atoms with Crippen LogP contribution in [0.1, 0.15) is 16.8 Å². The second-order valence-corrected chi connectivity index (χ2v) is 6.34. The van der Waals surface area contributed by atoms with E-state index in [1.165, 1.54) is 7.11 Å². The van der Waals surface area contributed by atoms with Gasteiger partial charge in [-0.25, -0.2) is 8.78 Å². The van der Waals surface area contributed by atoms with Gasteiger partial charge in [0.1, 0.15) is 5.75 Å². The van der Waals surface area contributed by atoms with E-state index < -0.39 is 24.9 Å². The SMILES string of the molecule is COc1cccc(C(=O)N2CCN(C(=O)C3CC(F)(F)CN3)CC2)c1.Cl. The van der Waals surface area contributed by atoms with Crippen LogP contribution in [-0.2, 0) is 4.79 Å². The summed E-state index contributed by atoms with van der Waals surface area (Å²) in [6, 6.07) is 6.06. The lowest BCUT2D eigenvalue weighted by atomic mass is 10.1. The van der Waals surface area contributed by atoms with Gasteiger partial charge in [-0.05, 0) is 18.2 Å². The van der Waals surface area contributed by atoms with E-state index >= 15 is 0 Å². The van der Waals surface area contributed by atoms with E-state index in [9.17, 15) is 18.4 Å². The van der Waals surface area contributed by atoms with Gasteiger partial charge in [0.25, 0.3) is 11.8 Å².